The molecule has 0 radical (unpaired) electrons. The van der Waals surface area contributed by atoms with Crippen molar-refractivity contribution in [2.45, 2.75) is 19.0 Å². The zero-order valence-corrected chi connectivity index (χ0v) is 15.9. The molecule has 0 spiro atoms. The van der Waals surface area contributed by atoms with Gasteiger partial charge in [-0.25, -0.2) is 4.79 Å². The Hall–Kier alpha value is -2.57. The average molecular weight is 369 g/mol. The van der Waals surface area contributed by atoms with Crippen LogP contribution in [0.2, 0.25) is 0 Å². The second kappa shape index (κ2) is 9.39. The zero-order valence-electron chi connectivity index (χ0n) is 15.9. The number of ether oxygens (including phenoxy) is 2. The molecule has 2 aromatic carbocycles. The molecule has 27 heavy (non-hydrogen) atoms. The van der Waals surface area contributed by atoms with Gasteiger partial charge < -0.3 is 20.1 Å². The lowest BCUT2D eigenvalue weighted by atomic mass is 9.94. The number of hydrogen-bond donors (Lipinski definition) is 2. The summed E-state index contributed by atoms with van der Waals surface area (Å²) in [4.78, 5) is 14.7. The molecule has 0 aromatic heterocycles. The minimum atomic E-state index is -0.231. The van der Waals surface area contributed by atoms with Gasteiger partial charge in [0.1, 0.15) is 12.4 Å². The van der Waals surface area contributed by atoms with Crippen LogP contribution in [0.25, 0.3) is 0 Å². The molecule has 6 nitrogen and oxygen atoms in total. The lowest BCUT2D eigenvalue weighted by molar-refractivity contribution is 0.146. The van der Waals surface area contributed by atoms with E-state index in [2.05, 4.69) is 46.8 Å². The van der Waals surface area contributed by atoms with Gasteiger partial charge in [0, 0.05) is 26.2 Å². The van der Waals surface area contributed by atoms with Gasteiger partial charge in [0.15, 0.2) is 0 Å². The van der Waals surface area contributed by atoms with Crippen LogP contribution in [0.5, 0.6) is 5.75 Å². The SMILES string of the molecule is COCCOc1ccccc1NC(=O)NC[C@H]1Cc2ccccc2CN1C. The number of anilines is 1. The Morgan fingerprint density at radius 1 is 1.11 bits per heavy atom. The first-order valence-electron chi connectivity index (χ1n) is 9.20. The van der Waals surface area contributed by atoms with Gasteiger partial charge in [-0.05, 0) is 36.7 Å². The number of para-hydroxylation sites is 2. The van der Waals surface area contributed by atoms with E-state index in [9.17, 15) is 4.79 Å². The molecule has 0 saturated carbocycles. The number of nitrogens with zero attached hydrogens (tertiary/aromatic N) is 1. The predicted molar refractivity (Wildman–Crippen MR) is 106 cm³/mol. The predicted octanol–water partition coefficient (Wildman–Crippen LogP) is 2.89. The third-order valence-corrected chi connectivity index (χ3v) is 4.80. The molecule has 2 N–H and O–H groups in total. The van der Waals surface area contributed by atoms with Crippen molar-refractivity contribution in [1.82, 2.24) is 10.2 Å². The first kappa shape index (κ1) is 19.2. The molecular weight excluding hydrogens is 342 g/mol. The number of carbonyl (C=O) groups excluding carboxylic acids is 1. The maximum Gasteiger partial charge on any atom is 0.319 e. The van der Waals surface area contributed by atoms with Crippen LogP contribution in [-0.4, -0.2) is 50.9 Å². The molecule has 6 heteroatoms. The van der Waals surface area contributed by atoms with E-state index in [4.69, 9.17) is 9.47 Å². The summed E-state index contributed by atoms with van der Waals surface area (Å²) in [6.07, 6.45) is 0.934. The largest absolute Gasteiger partial charge is 0.489 e. The summed E-state index contributed by atoms with van der Waals surface area (Å²) in [6, 6.07) is 15.9. The molecule has 2 aromatic rings. The molecular formula is C21H27N3O3. The highest BCUT2D eigenvalue weighted by Gasteiger charge is 2.23. The number of urea groups is 1. The van der Waals surface area contributed by atoms with Crippen LogP contribution >= 0.6 is 0 Å². The number of likely N-dealkylation sites (N-methyl/N-ethyl adjacent to an activating group) is 1. The van der Waals surface area contributed by atoms with Crippen LogP contribution in [-0.2, 0) is 17.7 Å². The van der Waals surface area contributed by atoms with Gasteiger partial charge in [0.25, 0.3) is 0 Å². The Labute approximate surface area is 160 Å². The molecule has 144 valence electrons. The highest BCUT2D eigenvalue weighted by Crippen LogP contribution is 2.24. The van der Waals surface area contributed by atoms with E-state index < -0.39 is 0 Å². The number of fused-ring (bicyclic) bond motifs is 1. The van der Waals surface area contributed by atoms with Gasteiger partial charge in [-0.15, -0.1) is 0 Å². The minimum Gasteiger partial charge on any atom is -0.489 e. The first-order valence-corrected chi connectivity index (χ1v) is 9.20. The van der Waals surface area contributed by atoms with E-state index in [-0.39, 0.29) is 12.1 Å². The quantitative estimate of drug-likeness (QED) is 0.737. The summed E-state index contributed by atoms with van der Waals surface area (Å²) in [7, 11) is 3.72. The van der Waals surface area contributed by atoms with E-state index in [1.165, 1.54) is 11.1 Å². The number of rotatable bonds is 7. The van der Waals surface area contributed by atoms with Crippen LogP contribution < -0.4 is 15.4 Å². The average Bonchev–Trinajstić information content (AvgIpc) is 2.68. The summed E-state index contributed by atoms with van der Waals surface area (Å²) in [6.45, 7) is 2.42. The second-order valence-corrected chi connectivity index (χ2v) is 6.71. The van der Waals surface area contributed by atoms with Gasteiger partial charge in [-0.1, -0.05) is 36.4 Å². The monoisotopic (exact) mass is 369 g/mol. The fourth-order valence-electron chi connectivity index (χ4n) is 3.25. The third kappa shape index (κ3) is 5.21. The number of carbonyl (C=O) groups is 1. The van der Waals surface area contributed by atoms with Crippen molar-refractivity contribution in [3.63, 3.8) is 0 Å². The van der Waals surface area contributed by atoms with Crippen LogP contribution in [0.4, 0.5) is 10.5 Å². The van der Waals surface area contributed by atoms with E-state index in [1.54, 1.807) is 7.11 Å². The highest BCUT2D eigenvalue weighted by molar-refractivity contribution is 5.90. The number of hydrogen-bond acceptors (Lipinski definition) is 4. The fourth-order valence-corrected chi connectivity index (χ4v) is 3.25. The summed E-state index contributed by atoms with van der Waals surface area (Å²) < 4.78 is 10.6. The van der Waals surface area contributed by atoms with E-state index >= 15 is 0 Å². The molecule has 0 aliphatic carbocycles. The standard InChI is InChI=1S/C21H27N3O3/c1-24-15-17-8-4-3-7-16(17)13-18(24)14-22-21(25)23-19-9-5-6-10-20(19)27-12-11-26-2/h3-10,18H,11-15H2,1-2H3,(H2,22,23,25)/t18-/m1/s1. The Balaban J connectivity index is 1.53. The maximum atomic E-state index is 12.4. The van der Waals surface area contributed by atoms with E-state index in [0.29, 0.717) is 31.2 Å². The number of amides is 2. The van der Waals surface area contributed by atoms with Gasteiger partial charge in [0.2, 0.25) is 0 Å². The third-order valence-electron chi connectivity index (χ3n) is 4.80. The first-order chi connectivity index (χ1) is 13.2. The molecule has 1 atom stereocenters. The lowest BCUT2D eigenvalue weighted by Crippen LogP contribution is -2.46. The van der Waals surface area contributed by atoms with Crippen LogP contribution in [0.3, 0.4) is 0 Å². The summed E-state index contributed by atoms with van der Waals surface area (Å²) >= 11 is 0. The molecule has 0 fully saturated rings. The number of methoxy groups -OCH3 is 1. The molecule has 0 bridgehead atoms. The molecule has 1 aliphatic heterocycles. The molecule has 0 unspecified atom stereocenters. The minimum absolute atomic E-state index is 0.231. The normalized spacial score (nSPS) is 16.4. The Kier molecular flexibility index (Phi) is 6.68. The Bertz CT molecular complexity index is 766. The van der Waals surface area contributed by atoms with Crippen molar-refractivity contribution >= 4 is 11.7 Å². The molecule has 2 amide bonds. The number of nitrogens with one attached hydrogen (secondary N) is 2. The van der Waals surface area contributed by atoms with Gasteiger partial charge in [-0.3, -0.25) is 4.90 Å². The van der Waals surface area contributed by atoms with Crippen LogP contribution in [0, 0.1) is 0 Å². The van der Waals surface area contributed by atoms with Crippen LogP contribution in [0.1, 0.15) is 11.1 Å². The summed E-state index contributed by atoms with van der Waals surface area (Å²) in [5.41, 5.74) is 3.37. The van der Waals surface area contributed by atoms with Crippen molar-refractivity contribution < 1.29 is 14.3 Å². The Morgan fingerprint density at radius 2 is 1.85 bits per heavy atom. The highest BCUT2D eigenvalue weighted by atomic mass is 16.5. The topological polar surface area (TPSA) is 62.8 Å². The molecule has 1 heterocycles. The molecule has 0 saturated heterocycles. The maximum absolute atomic E-state index is 12.4. The second-order valence-electron chi connectivity index (χ2n) is 6.71. The summed E-state index contributed by atoms with van der Waals surface area (Å²) in [5.74, 6) is 0.633. The van der Waals surface area contributed by atoms with E-state index in [0.717, 1.165) is 13.0 Å². The number of benzene rings is 2. The molecule has 1 aliphatic rings. The van der Waals surface area contributed by atoms with Crippen LogP contribution in [0.15, 0.2) is 48.5 Å². The van der Waals surface area contributed by atoms with Gasteiger partial charge in [-0.2, -0.15) is 0 Å². The smallest absolute Gasteiger partial charge is 0.319 e. The lowest BCUT2D eigenvalue weighted by Gasteiger charge is -2.34. The summed E-state index contributed by atoms with van der Waals surface area (Å²) in [5, 5.41) is 5.86. The van der Waals surface area contributed by atoms with Crippen molar-refractivity contribution in [2.75, 3.05) is 39.2 Å². The van der Waals surface area contributed by atoms with Crippen molar-refractivity contribution in [3.05, 3.63) is 59.7 Å². The van der Waals surface area contributed by atoms with Crippen molar-refractivity contribution in [3.8, 4) is 5.75 Å². The molecule has 3 rings (SSSR count). The van der Waals surface area contributed by atoms with Crippen molar-refractivity contribution in [2.24, 2.45) is 0 Å². The van der Waals surface area contributed by atoms with Gasteiger partial charge in [0.05, 0.1) is 12.3 Å². The zero-order chi connectivity index (χ0) is 19.1. The Morgan fingerprint density at radius 3 is 2.67 bits per heavy atom. The van der Waals surface area contributed by atoms with E-state index in [1.807, 2.05) is 24.3 Å². The van der Waals surface area contributed by atoms with Crippen molar-refractivity contribution in [1.29, 1.82) is 0 Å². The van der Waals surface area contributed by atoms with Gasteiger partial charge >= 0.3 is 6.03 Å². The fraction of sp³-hybridized carbons (Fsp3) is 0.381.